The zero-order valence-corrected chi connectivity index (χ0v) is 18.9. The molecule has 3 aromatic heterocycles. The predicted molar refractivity (Wildman–Crippen MR) is 129 cm³/mol. The molecule has 0 saturated carbocycles. The summed E-state index contributed by atoms with van der Waals surface area (Å²) in [7, 11) is 3.79. The minimum atomic E-state index is 0.819. The maximum Gasteiger partial charge on any atom is 0.128 e. The van der Waals surface area contributed by atoms with Crippen LogP contribution in [0.25, 0.3) is 21.8 Å². The fraction of sp³-hybridized carbons (Fsp3) is 0.259. The van der Waals surface area contributed by atoms with E-state index in [1.165, 1.54) is 27.4 Å². The Morgan fingerprint density at radius 3 is 2.75 bits per heavy atom. The molecule has 0 aliphatic rings. The second-order valence-corrected chi connectivity index (χ2v) is 8.45. The van der Waals surface area contributed by atoms with Crippen molar-refractivity contribution in [1.82, 2.24) is 19.5 Å². The molecule has 0 aliphatic heterocycles. The standard InChI is InChI=1S/C27H28N4O/c1-18-14-21(15-19-6-4-8-26-23(19)12-13-31(26)2)30-27(29-18)9-5-7-20-17-28-25-11-10-22(32-3)16-24(20)25/h4,6,8,10-14,16-17,28H,5,7,9,15H2,1-3H3. The number of hydrogen-bond acceptors (Lipinski definition) is 3. The molecule has 5 nitrogen and oxygen atoms in total. The van der Waals surface area contributed by atoms with Crippen molar-refractivity contribution in [2.45, 2.75) is 32.6 Å². The largest absolute Gasteiger partial charge is 0.497 e. The first-order valence-electron chi connectivity index (χ1n) is 11.1. The highest BCUT2D eigenvalue weighted by atomic mass is 16.5. The Kier molecular flexibility index (Phi) is 5.39. The van der Waals surface area contributed by atoms with Crippen LogP contribution in [0.1, 0.15) is 34.8 Å². The van der Waals surface area contributed by atoms with Crippen molar-refractivity contribution < 1.29 is 4.74 Å². The molecule has 0 bridgehead atoms. The minimum Gasteiger partial charge on any atom is -0.497 e. The van der Waals surface area contributed by atoms with Crippen LogP contribution in [0.2, 0.25) is 0 Å². The summed E-state index contributed by atoms with van der Waals surface area (Å²) >= 11 is 0. The molecule has 0 atom stereocenters. The number of nitrogens with one attached hydrogen (secondary N) is 1. The van der Waals surface area contributed by atoms with Gasteiger partial charge in [0.25, 0.3) is 0 Å². The van der Waals surface area contributed by atoms with Crippen molar-refractivity contribution in [2.24, 2.45) is 7.05 Å². The van der Waals surface area contributed by atoms with Gasteiger partial charge in [0.1, 0.15) is 11.6 Å². The molecule has 3 heterocycles. The lowest BCUT2D eigenvalue weighted by Gasteiger charge is -2.08. The third-order valence-electron chi connectivity index (χ3n) is 6.16. The monoisotopic (exact) mass is 424 g/mol. The topological polar surface area (TPSA) is 55.7 Å². The normalized spacial score (nSPS) is 11.5. The van der Waals surface area contributed by atoms with Gasteiger partial charge < -0.3 is 14.3 Å². The summed E-state index contributed by atoms with van der Waals surface area (Å²) in [4.78, 5) is 13.0. The molecule has 5 rings (SSSR count). The number of methoxy groups -OCH3 is 1. The summed E-state index contributed by atoms with van der Waals surface area (Å²) in [5.74, 6) is 1.82. The van der Waals surface area contributed by atoms with Gasteiger partial charge in [-0.2, -0.15) is 0 Å². The molecule has 0 amide bonds. The van der Waals surface area contributed by atoms with Crippen LogP contribution in [-0.2, 0) is 26.3 Å². The smallest absolute Gasteiger partial charge is 0.128 e. The van der Waals surface area contributed by atoms with Crippen LogP contribution in [-0.4, -0.2) is 26.6 Å². The highest BCUT2D eigenvalue weighted by Gasteiger charge is 2.10. The summed E-state index contributed by atoms with van der Waals surface area (Å²) in [5.41, 5.74) is 7.12. The highest BCUT2D eigenvalue weighted by molar-refractivity contribution is 5.85. The summed E-state index contributed by atoms with van der Waals surface area (Å²) < 4.78 is 7.55. The number of hydrogen-bond donors (Lipinski definition) is 1. The molecule has 5 heteroatoms. The molecule has 2 aromatic carbocycles. The Bertz CT molecular complexity index is 1400. The first-order valence-corrected chi connectivity index (χ1v) is 11.1. The lowest BCUT2D eigenvalue weighted by atomic mass is 10.0. The van der Waals surface area contributed by atoms with E-state index in [1.807, 2.05) is 6.07 Å². The number of H-pyrrole nitrogens is 1. The molecule has 0 radical (unpaired) electrons. The average molecular weight is 425 g/mol. The summed E-state index contributed by atoms with van der Waals surface area (Å²) in [6.07, 6.45) is 7.88. The van der Waals surface area contributed by atoms with Crippen molar-refractivity contribution in [3.05, 3.63) is 89.3 Å². The molecule has 32 heavy (non-hydrogen) atoms. The minimum absolute atomic E-state index is 0.819. The number of aromatic amines is 1. The van der Waals surface area contributed by atoms with E-state index in [9.17, 15) is 0 Å². The van der Waals surface area contributed by atoms with Gasteiger partial charge >= 0.3 is 0 Å². The molecule has 0 fully saturated rings. The maximum absolute atomic E-state index is 5.39. The van der Waals surface area contributed by atoms with Crippen LogP contribution in [0.4, 0.5) is 0 Å². The predicted octanol–water partition coefficient (Wildman–Crippen LogP) is 5.53. The Morgan fingerprint density at radius 1 is 0.969 bits per heavy atom. The van der Waals surface area contributed by atoms with Crippen LogP contribution < -0.4 is 4.74 Å². The number of fused-ring (bicyclic) bond motifs is 2. The Labute approximate surface area is 188 Å². The molecule has 0 aliphatic carbocycles. The van der Waals surface area contributed by atoms with Gasteiger partial charge in [-0.15, -0.1) is 0 Å². The van der Waals surface area contributed by atoms with Crippen LogP contribution in [0.5, 0.6) is 5.75 Å². The van der Waals surface area contributed by atoms with Crippen molar-refractivity contribution in [1.29, 1.82) is 0 Å². The van der Waals surface area contributed by atoms with Gasteiger partial charge in [0, 0.05) is 65.5 Å². The number of ether oxygens (including phenoxy) is 1. The van der Waals surface area contributed by atoms with Crippen molar-refractivity contribution in [3.63, 3.8) is 0 Å². The lowest BCUT2D eigenvalue weighted by molar-refractivity contribution is 0.415. The summed E-state index contributed by atoms with van der Waals surface area (Å²) in [6.45, 7) is 2.06. The Morgan fingerprint density at radius 2 is 1.88 bits per heavy atom. The van der Waals surface area contributed by atoms with E-state index in [4.69, 9.17) is 14.7 Å². The highest BCUT2D eigenvalue weighted by Crippen LogP contribution is 2.25. The van der Waals surface area contributed by atoms with Crippen LogP contribution in [0.3, 0.4) is 0 Å². The molecule has 1 N–H and O–H groups in total. The first-order chi connectivity index (χ1) is 15.6. The quantitative estimate of drug-likeness (QED) is 0.374. The zero-order chi connectivity index (χ0) is 22.1. The van der Waals surface area contributed by atoms with E-state index in [1.54, 1.807) is 7.11 Å². The molecule has 0 unspecified atom stereocenters. The van der Waals surface area contributed by atoms with Gasteiger partial charge in [0.05, 0.1) is 7.11 Å². The van der Waals surface area contributed by atoms with Crippen LogP contribution in [0.15, 0.2) is 60.9 Å². The molecular formula is C27H28N4O. The fourth-order valence-electron chi connectivity index (χ4n) is 4.55. The van der Waals surface area contributed by atoms with Crippen LogP contribution >= 0.6 is 0 Å². The number of benzene rings is 2. The molecule has 0 saturated heterocycles. The van der Waals surface area contributed by atoms with Crippen LogP contribution in [0, 0.1) is 6.92 Å². The molecule has 0 spiro atoms. The van der Waals surface area contributed by atoms with Gasteiger partial charge in [-0.1, -0.05) is 12.1 Å². The van der Waals surface area contributed by atoms with E-state index in [0.29, 0.717) is 0 Å². The average Bonchev–Trinajstić information content (AvgIpc) is 3.37. The maximum atomic E-state index is 5.39. The third kappa shape index (κ3) is 3.98. The number of aryl methyl sites for hydroxylation is 4. The van der Waals surface area contributed by atoms with Gasteiger partial charge in [-0.25, -0.2) is 9.97 Å². The second kappa shape index (κ2) is 8.50. The number of rotatable bonds is 7. The third-order valence-corrected chi connectivity index (χ3v) is 6.16. The van der Waals surface area contributed by atoms with Gasteiger partial charge in [0.15, 0.2) is 0 Å². The van der Waals surface area contributed by atoms with Crippen molar-refractivity contribution in [3.8, 4) is 5.75 Å². The van der Waals surface area contributed by atoms with Gasteiger partial charge in [-0.05, 0) is 67.3 Å². The molecular weight excluding hydrogens is 396 g/mol. The van der Waals surface area contributed by atoms with Gasteiger partial charge in [-0.3, -0.25) is 0 Å². The summed E-state index contributed by atoms with van der Waals surface area (Å²) in [6, 6.07) is 16.9. The van der Waals surface area contributed by atoms with Gasteiger partial charge in [0.2, 0.25) is 0 Å². The molecule has 5 aromatic rings. The number of aromatic nitrogens is 4. The summed E-state index contributed by atoms with van der Waals surface area (Å²) in [5, 5.41) is 2.52. The Balaban J connectivity index is 1.31. The van der Waals surface area contributed by atoms with Crippen molar-refractivity contribution >= 4 is 21.8 Å². The SMILES string of the molecule is COc1ccc2[nH]cc(CCCc3nc(C)cc(Cc4cccc5c4ccn5C)n3)c2c1. The van der Waals surface area contributed by atoms with E-state index in [2.05, 4.69) is 78.4 Å². The fourth-order valence-corrected chi connectivity index (χ4v) is 4.55. The van der Waals surface area contributed by atoms with Crippen molar-refractivity contribution in [2.75, 3.05) is 7.11 Å². The van der Waals surface area contributed by atoms with E-state index >= 15 is 0 Å². The second-order valence-electron chi connectivity index (χ2n) is 8.45. The Hall–Kier alpha value is -3.60. The van der Waals surface area contributed by atoms with E-state index in [0.717, 1.165) is 54.2 Å². The lowest BCUT2D eigenvalue weighted by Crippen LogP contribution is -2.03. The zero-order valence-electron chi connectivity index (χ0n) is 18.9. The van der Waals surface area contributed by atoms with E-state index in [-0.39, 0.29) is 0 Å². The first kappa shape index (κ1) is 20.3. The molecule has 162 valence electrons. The number of nitrogens with zero attached hydrogens (tertiary/aromatic N) is 3. The van der Waals surface area contributed by atoms with E-state index < -0.39 is 0 Å².